The monoisotopic (exact) mass is 424 g/mol. The Hall–Kier alpha value is -3.39. The van der Waals surface area contributed by atoms with Crippen molar-refractivity contribution >= 4 is 15.7 Å². The number of allylic oxidation sites excluding steroid dienone is 2. The van der Waals surface area contributed by atoms with Gasteiger partial charge in [0.05, 0.1) is 17.7 Å². The van der Waals surface area contributed by atoms with Gasteiger partial charge in [-0.2, -0.15) is 0 Å². The molecule has 0 saturated heterocycles. The van der Waals surface area contributed by atoms with Crippen molar-refractivity contribution in [2.75, 3.05) is 11.8 Å². The lowest BCUT2D eigenvalue weighted by Crippen LogP contribution is -2.13. The van der Waals surface area contributed by atoms with E-state index in [9.17, 15) is 18.6 Å². The highest BCUT2D eigenvalue weighted by Crippen LogP contribution is 2.57. The molecule has 2 bridgehead atoms. The van der Waals surface area contributed by atoms with Crippen LogP contribution >= 0.6 is 0 Å². The van der Waals surface area contributed by atoms with Crippen molar-refractivity contribution in [3.63, 3.8) is 0 Å². The van der Waals surface area contributed by atoms with Gasteiger partial charge >= 0.3 is 0 Å². The van der Waals surface area contributed by atoms with Crippen LogP contribution in [0.25, 0.3) is 5.69 Å². The van der Waals surface area contributed by atoms with Crippen LogP contribution in [-0.2, 0) is 10.0 Å². The summed E-state index contributed by atoms with van der Waals surface area (Å²) >= 11 is 0. The van der Waals surface area contributed by atoms with Crippen LogP contribution in [-0.4, -0.2) is 30.3 Å². The molecule has 3 N–H and O–H groups in total. The first kappa shape index (κ1) is 18.6. The van der Waals surface area contributed by atoms with E-state index < -0.39 is 10.0 Å². The molecule has 30 heavy (non-hydrogen) atoms. The molecule has 0 radical (unpaired) electrons. The molecular weight excluding hydrogens is 404 g/mol. The number of fused-ring (bicyclic) bond motifs is 5. The minimum Gasteiger partial charge on any atom is -0.497 e. The van der Waals surface area contributed by atoms with Gasteiger partial charge < -0.3 is 14.9 Å². The molecule has 3 aromatic rings. The molecular formula is C22H20N2O5S. The van der Waals surface area contributed by atoms with E-state index in [2.05, 4.69) is 16.9 Å². The van der Waals surface area contributed by atoms with Crippen molar-refractivity contribution < 1.29 is 23.4 Å². The Kier molecular flexibility index (Phi) is 4.08. The quantitative estimate of drug-likeness (QED) is 0.541. The van der Waals surface area contributed by atoms with E-state index in [1.54, 1.807) is 36.4 Å². The maximum absolute atomic E-state index is 12.7. The fraction of sp³-hybridized carbons (Fsp3) is 0.182. The number of nitrogens with one attached hydrogen (secondary N) is 1. The zero-order chi connectivity index (χ0) is 21.0. The molecule has 0 spiro atoms. The normalized spacial score (nSPS) is 19.1. The van der Waals surface area contributed by atoms with Crippen LogP contribution in [0.4, 0.5) is 5.69 Å². The summed E-state index contributed by atoms with van der Waals surface area (Å²) in [7, 11) is -2.25. The van der Waals surface area contributed by atoms with E-state index in [0.29, 0.717) is 17.1 Å². The molecule has 2 atom stereocenters. The average Bonchev–Trinajstić information content (AvgIpc) is 3.42. The van der Waals surface area contributed by atoms with E-state index in [-0.39, 0.29) is 28.5 Å². The summed E-state index contributed by atoms with van der Waals surface area (Å²) < 4.78 is 34.3. The van der Waals surface area contributed by atoms with Crippen molar-refractivity contribution in [3.05, 3.63) is 71.8 Å². The number of methoxy groups -OCH3 is 1. The third kappa shape index (κ3) is 2.75. The van der Waals surface area contributed by atoms with Gasteiger partial charge in [-0.15, -0.1) is 0 Å². The third-order valence-electron chi connectivity index (χ3n) is 5.77. The Morgan fingerprint density at radius 2 is 1.50 bits per heavy atom. The van der Waals surface area contributed by atoms with E-state index in [4.69, 9.17) is 4.74 Å². The Labute approximate surface area is 173 Å². The summed E-state index contributed by atoms with van der Waals surface area (Å²) in [6.45, 7) is 0. The number of anilines is 1. The molecule has 0 saturated carbocycles. The van der Waals surface area contributed by atoms with Crippen LogP contribution in [0.1, 0.15) is 29.4 Å². The second kappa shape index (κ2) is 6.56. The van der Waals surface area contributed by atoms with Gasteiger partial charge in [0.1, 0.15) is 5.75 Å². The second-order valence-electron chi connectivity index (χ2n) is 7.47. The molecule has 7 nitrogen and oxygen atoms in total. The summed E-state index contributed by atoms with van der Waals surface area (Å²) in [6.07, 6.45) is 4.98. The molecule has 1 unspecified atom stereocenters. The Morgan fingerprint density at radius 1 is 0.933 bits per heavy atom. The van der Waals surface area contributed by atoms with Crippen LogP contribution in [0, 0.1) is 0 Å². The van der Waals surface area contributed by atoms with E-state index >= 15 is 0 Å². The Balaban J connectivity index is 1.44. The third-order valence-corrected chi connectivity index (χ3v) is 7.17. The molecule has 1 aromatic heterocycles. The molecule has 5 rings (SSSR count). The van der Waals surface area contributed by atoms with E-state index in [1.165, 1.54) is 23.8 Å². The van der Waals surface area contributed by atoms with Gasteiger partial charge in [0.15, 0.2) is 0 Å². The molecule has 0 amide bonds. The largest absolute Gasteiger partial charge is 0.497 e. The van der Waals surface area contributed by atoms with Gasteiger partial charge in [-0.1, -0.05) is 12.2 Å². The van der Waals surface area contributed by atoms with Crippen molar-refractivity contribution in [2.24, 2.45) is 0 Å². The standard InChI is InChI=1S/C22H20N2O5S/c1-29-17-8-4-15(5-9-17)23-30(27,28)18-10-6-16(7-11-18)24-21(25)19-13-2-3-14(12-13)20(19)22(24)26/h2-11,13-14,23,25-26H,12H2,1H3/t13-,14?/m0/s1. The minimum atomic E-state index is -3.79. The number of aromatic hydroxyl groups is 2. The second-order valence-corrected chi connectivity index (χ2v) is 9.15. The van der Waals surface area contributed by atoms with Gasteiger partial charge in [-0.25, -0.2) is 8.42 Å². The summed E-state index contributed by atoms with van der Waals surface area (Å²) in [6, 6.07) is 12.6. The van der Waals surface area contributed by atoms with Crippen LogP contribution in [0.15, 0.2) is 65.6 Å². The van der Waals surface area contributed by atoms with Gasteiger partial charge in [0.25, 0.3) is 10.0 Å². The average molecular weight is 424 g/mol. The fourth-order valence-corrected chi connectivity index (χ4v) is 5.39. The first-order chi connectivity index (χ1) is 14.4. The van der Waals surface area contributed by atoms with Gasteiger partial charge in [0, 0.05) is 28.7 Å². The lowest BCUT2D eigenvalue weighted by Gasteiger charge is -2.12. The molecule has 2 aliphatic rings. The number of hydrogen-bond donors (Lipinski definition) is 3. The number of benzene rings is 2. The maximum Gasteiger partial charge on any atom is 0.261 e. The highest BCUT2D eigenvalue weighted by Gasteiger charge is 2.41. The topological polar surface area (TPSA) is 101 Å². The molecule has 8 heteroatoms. The lowest BCUT2D eigenvalue weighted by atomic mass is 10.0. The van der Waals surface area contributed by atoms with Crippen LogP contribution in [0.5, 0.6) is 17.5 Å². The number of rotatable bonds is 5. The smallest absolute Gasteiger partial charge is 0.261 e. The molecule has 2 aromatic carbocycles. The number of hydrogen-bond acceptors (Lipinski definition) is 5. The lowest BCUT2D eigenvalue weighted by molar-refractivity contribution is 0.395. The highest BCUT2D eigenvalue weighted by atomic mass is 32.2. The molecule has 0 aliphatic heterocycles. The summed E-state index contributed by atoms with van der Waals surface area (Å²) in [4.78, 5) is 0.0717. The van der Waals surface area contributed by atoms with Crippen molar-refractivity contribution in [3.8, 4) is 23.2 Å². The number of aromatic nitrogens is 1. The predicted molar refractivity (Wildman–Crippen MR) is 112 cm³/mol. The fourth-order valence-electron chi connectivity index (χ4n) is 4.33. The predicted octanol–water partition coefficient (Wildman–Crippen LogP) is 3.84. The van der Waals surface area contributed by atoms with Crippen molar-refractivity contribution in [1.82, 2.24) is 4.57 Å². The number of sulfonamides is 1. The summed E-state index contributed by atoms with van der Waals surface area (Å²) in [5, 5.41) is 21.4. The first-order valence-corrected chi connectivity index (χ1v) is 11.0. The Morgan fingerprint density at radius 3 is 2.03 bits per heavy atom. The minimum absolute atomic E-state index is 0.00585. The van der Waals surface area contributed by atoms with Gasteiger partial charge in [-0.3, -0.25) is 9.29 Å². The van der Waals surface area contributed by atoms with Gasteiger partial charge in [-0.05, 0) is 55.0 Å². The van der Waals surface area contributed by atoms with Crippen LogP contribution in [0.2, 0.25) is 0 Å². The summed E-state index contributed by atoms with van der Waals surface area (Å²) in [5.41, 5.74) is 2.43. The molecule has 2 aliphatic carbocycles. The van der Waals surface area contributed by atoms with Crippen LogP contribution < -0.4 is 9.46 Å². The Bertz CT molecular complexity index is 1220. The molecule has 1 heterocycles. The SMILES string of the molecule is COc1ccc(NS(=O)(=O)c2ccc(-n3c(O)c4c(c3O)[C@H]3C=CC4C3)cc2)cc1. The zero-order valence-corrected chi connectivity index (χ0v) is 16.9. The number of ether oxygens (including phenoxy) is 1. The van der Waals surface area contributed by atoms with Crippen molar-refractivity contribution in [2.45, 2.75) is 23.2 Å². The number of nitrogens with zero attached hydrogens (tertiary/aromatic N) is 1. The van der Waals surface area contributed by atoms with Crippen molar-refractivity contribution in [1.29, 1.82) is 0 Å². The zero-order valence-electron chi connectivity index (χ0n) is 16.1. The van der Waals surface area contributed by atoms with Crippen LogP contribution in [0.3, 0.4) is 0 Å². The van der Waals surface area contributed by atoms with E-state index in [1.807, 2.05) is 0 Å². The molecule has 0 fully saturated rings. The van der Waals surface area contributed by atoms with E-state index in [0.717, 1.165) is 17.5 Å². The summed E-state index contributed by atoms with van der Waals surface area (Å²) in [5.74, 6) is 0.873. The highest BCUT2D eigenvalue weighted by molar-refractivity contribution is 7.92. The first-order valence-electron chi connectivity index (χ1n) is 9.51. The maximum atomic E-state index is 12.7. The van der Waals surface area contributed by atoms with Gasteiger partial charge in [0.2, 0.25) is 11.8 Å². The molecule has 154 valence electrons.